The molecule has 0 aliphatic heterocycles. The highest BCUT2D eigenvalue weighted by atomic mass is 32.2. The number of carboxylic acid groups (broad SMARTS) is 1. The van der Waals surface area contributed by atoms with Gasteiger partial charge in [0.05, 0.1) is 0 Å². The van der Waals surface area contributed by atoms with Gasteiger partial charge in [0.15, 0.2) is 0 Å². The van der Waals surface area contributed by atoms with Crippen LogP contribution in [0.15, 0.2) is 61.2 Å². The lowest BCUT2D eigenvalue weighted by Gasteiger charge is -1.78. The van der Waals surface area contributed by atoms with Crippen LogP contribution in [-0.2, 0) is 10.1 Å². The van der Waals surface area contributed by atoms with Crippen molar-refractivity contribution in [1.82, 2.24) is 9.97 Å². The Kier molecular flexibility index (Phi) is 8.50. The van der Waals surface area contributed by atoms with Gasteiger partial charge in [-0.1, -0.05) is 12.1 Å². The zero-order chi connectivity index (χ0) is 14.6. The first-order valence-electron chi connectivity index (χ1n) is 4.85. The van der Waals surface area contributed by atoms with Crippen LogP contribution in [0.2, 0.25) is 0 Å². The Labute approximate surface area is 110 Å². The molecule has 2 aromatic heterocycles. The molecule has 0 radical (unpaired) electrons. The molecule has 0 atom stereocenters. The summed E-state index contributed by atoms with van der Waals surface area (Å²) in [7, 11) is -4.82. The first-order chi connectivity index (χ1) is 8.94. The molecule has 0 aliphatic rings. The van der Waals surface area contributed by atoms with E-state index in [1.807, 2.05) is 36.4 Å². The van der Waals surface area contributed by atoms with Crippen LogP contribution in [-0.4, -0.2) is 33.3 Å². The lowest BCUT2D eigenvalue weighted by atomic mass is 10.5. The Hall–Kier alpha value is -2.32. The highest BCUT2D eigenvalue weighted by Gasteiger charge is 2.14. The Morgan fingerprint density at radius 3 is 1.11 bits per heavy atom. The molecule has 0 saturated carbocycles. The molecule has 2 aromatic rings. The van der Waals surface area contributed by atoms with Crippen molar-refractivity contribution in [2.45, 2.75) is 0 Å². The SMILES string of the molecule is O=C(O)S(=O)(=O)O.c1ccncc1.c1ccncc1. The summed E-state index contributed by atoms with van der Waals surface area (Å²) in [5, 5.41) is 5.18. The van der Waals surface area contributed by atoms with Gasteiger partial charge in [0.1, 0.15) is 0 Å². The molecule has 0 aliphatic carbocycles. The van der Waals surface area contributed by atoms with Crippen LogP contribution in [0.5, 0.6) is 0 Å². The molecule has 0 saturated heterocycles. The van der Waals surface area contributed by atoms with Crippen molar-refractivity contribution in [2.24, 2.45) is 0 Å². The van der Waals surface area contributed by atoms with Gasteiger partial charge in [0.25, 0.3) is 0 Å². The van der Waals surface area contributed by atoms with Crippen LogP contribution < -0.4 is 0 Å². The third-order valence-corrected chi connectivity index (χ3v) is 1.79. The third kappa shape index (κ3) is 11.9. The largest absolute Gasteiger partial charge is 0.468 e. The van der Waals surface area contributed by atoms with Crippen molar-refractivity contribution in [3.05, 3.63) is 61.2 Å². The second kappa shape index (κ2) is 9.68. The molecule has 0 amide bonds. The van der Waals surface area contributed by atoms with Gasteiger partial charge in [-0.2, -0.15) is 8.42 Å². The van der Waals surface area contributed by atoms with Gasteiger partial charge < -0.3 is 5.11 Å². The Balaban J connectivity index is 0.000000256. The summed E-state index contributed by atoms with van der Waals surface area (Å²) in [5.74, 6) is 0. The van der Waals surface area contributed by atoms with Crippen molar-refractivity contribution in [3.8, 4) is 0 Å². The molecule has 7 nitrogen and oxygen atoms in total. The predicted molar refractivity (Wildman–Crippen MR) is 68.0 cm³/mol. The maximum Gasteiger partial charge on any atom is 0.449 e. The lowest BCUT2D eigenvalue weighted by molar-refractivity contribution is 0.216. The minimum Gasteiger partial charge on any atom is -0.468 e. The second-order valence-electron chi connectivity index (χ2n) is 2.79. The van der Waals surface area contributed by atoms with Gasteiger partial charge >= 0.3 is 15.4 Å². The molecule has 19 heavy (non-hydrogen) atoms. The van der Waals surface area contributed by atoms with E-state index in [9.17, 15) is 13.2 Å². The van der Waals surface area contributed by atoms with E-state index in [0.29, 0.717) is 0 Å². The van der Waals surface area contributed by atoms with Crippen LogP contribution in [0.4, 0.5) is 4.79 Å². The first-order valence-corrected chi connectivity index (χ1v) is 6.29. The van der Waals surface area contributed by atoms with E-state index in [1.165, 1.54) is 0 Å². The fourth-order valence-electron chi connectivity index (χ4n) is 0.625. The van der Waals surface area contributed by atoms with Crippen molar-refractivity contribution in [2.75, 3.05) is 0 Å². The van der Waals surface area contributed by atoms with Gasteiger partial charge in [-0.3, -0.25) is 14.5 Å². The van der Waals surface area contributed by atoms with Gasteiger partial charge in [-0.05, 0) is 24.3 Å². The van der Waals surface area contributed by atoms with Crippen molar-refractivity contribution in [1.29, 1.82) is 0 Å². The predicted octanol–water partition coefficient (Wildman–Crippen LogP) is 1.72. The van der Waals surface area contributed by atoms with Gasteiger partial charge in [0.2, 0.25) is 0 Å². The summed E-state index contributed by atoms with van der Waals surface area (Å²) in [5.41, 5.74) is 0. The average molecular weight is 284 g/mol. The quantitative estimate of drug-likeness (QED) is 0.707. The Morgan fingerprint density at radius 1 is 0.789 bits per heavy atom. The fourth-order valence-corrected chi connectivity index (χ4v) is 0.625. The van der Waals surface area contributed by atoms with E-state index >= 15 is 0 Å². The topological polar surface area (TPSA) is 117 Å². The van der Waals surface area contributed by atoms with Gasteiger partial charge in [-0.15, -0.1) is 0 Å². The minimum absolute atomic E-state index is 1.75. The third-order valence-electron chi connectivity index (χ3n) is 1.35. The normalized spacial score (nSPS) is 9.11. The zero-order valence-corrected chi connectivity index (χ0v) is 10.5. The Morgan fingerprint density at radius 2 is 1.05 bits per heavy atom. The summed E-state index contributed by atoms with van der Waals surface area (Å²) in [4.78, 5) is 16.8. The molecule has 0 aromatic carbocycles. The lowest BCUT2D eigenvalue weighted by Crippen LogP contribution is -2.08. The number of hydrogen-bond donors (Lipinski definition) is 2. The van der Waals surface area contributed by atoms with Crippen molar-refractivity contribution >= 4 is 15.4 Å². The molecule has 2 N–H and O–H groups in total. The maximum atomic E-state index is 9.29. The van der Waals surface area contributed by atoms with E-state index in [4.69, 9.17) is 9.66 Å². The molecule has 2 rings (SSSR count). The Bertz CT molecular complexity index is 461. The summed E-state index contributed by atoms with van der Waals surface area (Å²) in [6.07, 6.45) is 7.00. The van der Waals surface area contributed by atoms with E-state index < -0.39 is 15.4 Å². The molecular weight excluding hydrogens is 272 g/mol. The first kappa shape index (κ1) is 16.7. The smallest absolute Gasteiger partial charge is 0.449 e. The summed E-state index contributed by atoms with van der Waals surface area (Å²) in [6, 6.07) is 11.4. The monoisotopic (exact) mass is 284 g/mol. The number of rotatable bonds is 0. The van der Waals surface area contributed by atoms with Crippen LogP contribution in [0, 0.1) is 0 Å². The molecule has 102 valence electrons. The van der Waals surface area contributed by atoms with E-state index in [0.717, 1.165) is 0 Å². The van der Waals surface area contributed by atoms with E-state index in [2.05, 4.69) is 9.97 Å². The summed E-state index contributed by atoms with van der Waals surface area (Å²) < 4.78 is 26.0. The summed E-state index contributed by atoms with van der Waals surface area (Å²) >= 11 is 0. The molecular formula is C11H12N2O5S. The molecule has 0 unspecified atom stereocenters. The second-order valence-corrected chi connectivity index (χ2v) is 4.09. The highest BCUT2D eigenvalue weighted by Crippen LogP contribution is 1.79. The van der Waals surface area contributed by atoms with E-state index in [-0.39, 0.29) is 0 Å². The average Bonchev–Trinajstić information content (AvgIpc) is 2.43. The van der Waals surface area contributed by atoms with Gasteiger partial charge in [-0.25, -0.2) is 4.79 Å². The summed E-state index contributed by atoms with van der Waals surface area (Å²) in [6.45, 7) is 0. The standard InChI is InChI=1S/2C5H5N.CH2O5S/c2*1-2-4-6-5-3-1;2-1(3)7(4,5)6/h2*1-5H;(H,2,3)(H,4,5,6). The van der Waals surface area contributed by atoms with Crippen LogP contribution in [0.1, 0.15) is 0 Å². The fraction of sp³-hybridized carbons (Fsp3) is 0. The number of carbonyl (C=O) groups is 1. The van der Waals surface area contributed by atoms with Crippen molar-refractivity contribution in [3.63, 3.8) is 0 Å². The molecule has 2 heterocycles. The number of pyridine rings is 2. The molecule has 8 heteroatoms. The minimum atomic E-state index is -4.82. The van der Waals surface area contributed by atoms with Gasteiger partial charge in [0, 0.05) is 24.8 Å². The molecule has 0 spiro atoms. The number of hydrogen-bond acceptors (Lipinski definition) is 5. The number of nitrogens with zero attached hydrogens (tertiary/aromatic N) is 2. The van der Waals surface area contributed by atoms with Crippen LogP contribution in [0.3, 0.4) is 0 Å². The van der Waals surface area contributed by atoms with Crippen molar-refractivity contribution < 1.29 is 22.9 Å². The highest BCUT2D eigenvalue weighted by molar-refractivity contribution is 8.00. The molecule has 0 bridgehead atoms. The maximum absolute atomic E-state index is 9.29. The number of aromatic nitrogens is 2. The molecule has 0 fully saturated rings. The zero-order valence-electron chi connectivity index (χ0n) is 9.70. The van der Waals surface area contributed by atoms with Crippen LogP contribution >= 0.6 is 0 Å². The van der Waals surface area contributed by atoms with E-state index in [1.54, 1.807) is 24.8 Å². The van der Waals surface area contributed by atoms with Crippen LogP contribution in [0.25, 0.3) is 0 Å².